The summed E-state index contributed by atoms with van der Waals surface area (Å²) >= 11 is 4.83. The summed E-state index contributed by atoms with van der Waals surface area (Å²) in [7, 11) is 0. The number of amides is 1. The third kappa shape index (κ3) is 5.11. The fraction of sp³-hybridized carbons (Fsp3) is 0.818. The van der Waals surface area contributed by atoms with E-state index in [0.717, 1.165) is 0 Å². The Balaban J connectivity index is 4.60. The Morgan fingerprint density at radius 2 is 1.87 bits per heavy atom. The SMILES string of the molecule is CC(C)C(=O)N(CCC(N)=S)C(C)(C)C. The van der Waals surface area contributed by atoms with Crippen molar-refractivity contribution in [1.29, 1.82) is 0 Å². The molecule has 0 heterocycles. The molecule has 0 rings (SSSR count). The highest BCUT2D eigenvalue weighted by Crippen LogP contribution is 2.17. The van der Waals surface area contributed by atoms with Crippen molar-refractivity contribution >= 4 is 23.1 Å². The molecule has 0 spiro atoms. The molecule has 15 heavy (non-hydrogen) atoms. The molecule has 0 aliphatic rings. The van der Waals surface area contributed by atoms with Crippen LogP contribution in [0.3, 0.4) is 0 Å². The Kier molecular flexibility index (Phi) is 5.21. The molecule has 4 heteroatoms. The van der Waals surface area contributed by atoms with Crippen LogP contribution in [-0.4, -0.2) is 27.9 Å². The zero-order valence-corrected chi connectivity index (χ0v) is 11.1. The van der Waals surface area contributed by atoms with Gasteiger partial charge in [-0.25, -0.2) is 0 Å². The smallest absolute Gasteiger partial charge is 0.225 e. The zero-order valence-electron chi connectivity index (χ0n) is 10.3. The number of hydrogen-bond donors (Lipinski definition) is 1. The number of hydrogen-bond acceptors (Lipinski definition) is 2. The van der Waals surface area contributed by atoms with Crippen molar-refractivity contribution in [2.45, 2.75) is 46.6 Å². The molecule has 0 fully saturated rings. The van der Waals surface area contributed by atoms with Crippen LogP contribution in [0.25, 0.3) is 0 Å². The number of carbonyl (C=O) groups excluding carboxylic acids is 1. The first-order valence-corrected chi connectivity index (χ1v) is 5.67. The molecule has 2 N–H and O–H groups in total. The minimum atomic E-state index is -0.174. The number of rotatable bonds is 4. The number of nitrogens with zero attached hydrogens (tertiary/aromatic N) is 1. The van der Waals surface area contributed by atoms with Gasteiger partial charge < -0.3 is 10.6 Å². The molecule has 0 saturated carbocycles. The molecule has 0 radical (unpaired) electrons. The Morgan fingerprint density at radius 3 is 2.13 bits per heavy atom. The van der Waals surface area contributed by atoms with Crippen LogP contribution in [-0.2, 0) is 4.79 Å². The molecule has 0 aromatic carbocycles. The van der Waals surface area contributed by atoms with Crippen LogP contribution >= 0.6 is 12.2 Å². The van der Waals surface area contributed by atoms with Crippen LogP contribution in [0.15, 0.2) is 0 Å². The van der Waals surface area contributed by atoms with E-state index in [-0.39, 0.29) is 17.4 Å². The van der Waals surface area contributed by atoms with Crippen molar-refractivity contribution in [1.82, 2.24) is 4.90 Å². The normalized spacial score (nSPS) is 11.6. The Bertz CT molecular complexity index is 243. The number of nitrogens with two attached hydrogens (primary N) is 1. The van der Waals surface area contributed by atoms with Gasteiger partial charge >= 0.3 is 0 Å². The van der Waals surface area contributed by atoms with E-state index in [1.165, 1.54) is 0 Å². The highest BCUT2D eigenvalue weighted by Gasteiger charge is 2.27. The van der Waals surface area contributed by atoms with Crippen molar-refractivity contribution in [2.24, 2.45) is 11.7 Å². The average Bonchev–Trinajstić information content (AvgIpc) is 2.00. The predicted molar refractivity (Wildman–Crippen MR) is 67.7 cm³/mol. The van der Waals surface area contributed by atoms with Crippen molar-refractivity contribution in [3.8, 4) is 0 Å². The summed E-state index contributed by atoms with van der Waals surface area (Å²) in [6, 6.07) is 0. The van der Waals surface area contributed by atoms with E-state index in [2.05, 4.69) is 0 Å². The van der Waals surface area contributed by atoms with Gasteiger partial charge in [0, 0.05) is 24.4 Å². The lowest BCUT2D eigenvalue weighted by Gasteiger charge is -2.37. The minimum absolute atomic E-state index is 0.00979. The molecule has 0 aliphatic heterocycles. The molecule has 3 nitrogen and oxygen atoms in total. The molecular weight excluding hydrogens is 208 g/mol. The summed E-state index contributed by atoms with van der Waals surface area (Å²) in [5.41, 5.74) is 5.28. The van der Waals surface area contributed by atoms with Crippen molar-refractivity contribution < 1.29 is 4.79 Å². The fourth-order valence-corrected chi connectivity index (χ4v) is 1.40. The van der Waals surface area contributed by atoms with Crippen LogP contribution in [0.2, 0.25) is 0 Å². The van der Waals surface area contributed by atoms with Crippen LogP contribution < -0.4 is 5.73 Å². The van der Waals surface area contributed by atoms with E-state index in [9.17, 15) is 4.79 Å². The maximum atomic E-state index is 11.9. The second kappa shape index (κ2) is 5.45. The molecule has 0 bridgehead atoms. The van der Waals surface area contributed by atoms with Crippen molar-refractivity contribution in [2.75, 3.05) is 6.54 Å². The van der Waals surface area contributed by atoms with E-state index < -0.39 is 0 Å². The second-order valence-corrected chi connectivity index (χ2v) is 5.56. The van der Waals surface area contributed by atoms with Crippen LogP contribution in [0, 0.1) is 5.92 Å². The summed E-state index contributed by atoms with van der Waals surface area (Å²) in [4.78, 5) is 14.2. The monoisotopic (exact) mass is 230 g/mol. The lowest BCUT2D eigenvalue weighted by Crippen LogP contribution is -2.48. The van der Waals surface area contributed by atoms with Crippen LogP contribution in [0.4, 0.5) is 0 Å². The van der Waals surface area contributed by atoms with Gasteiger partial charge in [0.1, 0.15) is 0 Å². The van der Waals surface area contributed by atoms with E-state index in [1.807, 2.05) is 39.5 Å². The van der Waals surface area contributed by atoms with E-state index in [0.29, 0.717) is 18.0 Å². The Hall–Kier alpha value is -0.640. The molecule has 0 aromatic heterocycles. The van der Waals surface area contributed by atoms with Gasteiger partial charge in [0.2, 0.25) is 5.91 Å². The molecule has 0 aromatic rings. The van der Waals surface area contributed by atoms with Gasteiger partial charge in [-0.1, -0.05) is 26.1 Å². The molecule has 0 unspecified atom stereocenters. The maximum Gasteiger partial charge on any atom is 0.225 e. The number of carbonyl (C=O) groups is 1. The van der Waals surface area contributed by atoms with Gasteiger partial charge in [-0.3, -0.25) is 4.79 Å². The molecule has 0 atom stereocenters. The van der Waals surface area contributed by atoms with Crippen LogP contribution in [0.1, 0.15) is 41.0 Å². The first-order valence-electron chi connectivity index (χ1n) is 5.26. The predicted octanol–water partition coefficient (Wildman–Crippen LogP) is 1.95. The highest BCUT2D eigenvalue weighted by molar-refractivity contribution is 7.80. The molecular formula is C11H22N2OS. The summed E-state index contributed by atoms with van der Waals surface area (Å²) in [5, 5.41) is 0. The maximum absolute atomic E-state index is 11.9. The summed E-state index contributed by atoms with van der Waals surface area (Å²) < 4.78 is 0. The largest absolute Gasteiger partial charge is 0.393 e. The first-order chi connectivity index (χ1) is 6.66. The van der Waals surface area contributed by atoms with Gasteiger partial charge in [-0.05, 0) is 20.8 Å². The van der Waals surface area contributed by atoms with E-state index in [4.69, 9.17) is 18.0 Å². The first kappa shape index (κ1) is 14.4. The summed E-state index contributed by atoms with van der Waals surface area (Å²) in [5.74, 6) is 0.161. The summed E-state index contributed by atoms with van der Waals surface area (Å²) in [6.07, 6.45) is 0.588. The standard InChI is InChI=1S/C11H22N2OS/c1-8(2)10(14)13(11(3,4)5)7-6-9(12)15/h8H,6-7H2,1-5H3,(H2,12,15). The average molecular weight is 230 g/mol. The molecule has 1 amide bonds. The lowest BCUT2D eigenvalue weighted by molar-refractivity contribution is -0.139. The van der Waals surface area contributed by atoms with E-state index >= 15 is 0 Å². The minimum Gasteiger partial charge on any atom is -0.393 e. The molecule has 0 aliphatic carbocycles. The molecule has 88 valence electrons. The highest BCUT2D eigenvalue weighted by atomic mass is 32.1. The van der Waals surface area contributed by atoms with Gasteiger partial charge in [0.05, 0.1) is 4.99 Å². The van der Waals surface area contributed by atoms with Crippen molar-refractivity contribution in [3.63, 3.8) is 0 Å². The quantitative estimate of drug-likeness (QED) is 0.751. The van der Waals surface area contributed by atoms with Crippen molar-refractivity contribution in [3.05, 3.63) is 0 Å². The number of thiocarbonyl (C=S) groups is 1. The third-order valence-corrected chi connectivity index (χ3v) is 2.36. The van der Waals surface area contributed by atoms with Gasteiger partial charge in [-0.15, -0.1) is 0 Å². The van der Waals surface area contributed by atoms with Gasteiger partial charge in [0.15, 0.2) is 0 Å². The summed E-state index contributed by atoms with van der Waals surface area (Å²) in [6.45, 7) is 10.5. The second-order valence-electron chi connectivity index (χ2n) is 5.03. The fourth-order valence-electron chi connectivity index (χ4n) is 1.31. The Labute approximate surface area is 98.0 Å². The third-order valence-electron chi connectivity index (χ3n) is 2.15. The topological polar surface area (TPSA) is 46.3 Å². The van der Waals surface area contributed by atoms with Gasteiger partial charge in [0.25, 0.3) is 0 Å². The van der Waals surface area contributed by atoms with E-state index in [1.54, 1.807) is 0 Å². The molecule has 0 saturated heterocycles. The zero-order chi connectivity index (χ0) is 12.2. The lowest BCUT2D eigenvalue weighted by atomic mass is 10.0. The Morgan fingerprint density at radius 1 is 1.40 bits per heavy atom. The van der Waals surface area contributed by atoms with Gasteiger partial charge in [-0.2, -0.15) is 0 Å². The van der Waals surface area contributed by atoms with Crippen LogP contribution in [0.5, 0.6) is 0 Å².